The van der Waals surface area contributed by atoms with Crippen LogP contribution in [0.5, 0.6) is 0 Å². The van der Waals surface area contributed by atoms with E-state index < -0.39 is 0 Å². The van der Waals surface area contributed by atoms with Gasteiger partial charge in [-0.1, -0.05) is 18.2 Å². The van der Waals surface area contributed by atoms with E-state index in [1.807, 2.05) is 24.3 Å². The van der Waals surface area contributed by atoms with Gasteiger partial charge in [0.25, 0.3) is 0 Å². The molecule has 0 bridgehead atoms. The maximum atomic E-state index is 12.0. The van der Waals surface area contributed by atoms with Crippen molar-refractivity contribution in [2.45, 2.75) is 12.5 Å². The van der Waals surface area contributed by atoms with Crippen molar-refractivity contribution in [2.75, 3.05) is 25.5 Å². The first-order valence-corrected chi connectivity index (χ1v) is 5.42. The summed E-state index contributed by atoms with van der Waals surface area (Å²) >= 11 is 0. The van der Waals surface area contributed by atoms with E-state index in [0.29, 0.717) is 6.54 Å². The van der Waals surface area contributed by atoms with Gasteiger partial charge in [0.15, 0.2) is 0 Å². The Kier molecular flexibility index (Phi) is 2.83. The van der Waals surface area contributed by atoms with Crippen molar-refractivity contribution in [3.8, 4) is 0 Å². The summed E-state index contributed by atoms with van der Waals surface area (Å²) in [6.45, 7) is 0.591. The number of benzene rings is 1. The Morgan fingerprint density at radius 3 is 2.81 bits per heavy atom. The van der Waals surface area contributed by atoms with Crippen molar-refractivity contribution < 1.29 is 4.79 Å². The Morgan fingerprint density at radius 2 is 2.12 bits per heavy atom. The van der Waals surface area contributed by atoms with Crippen LogP contribution >= 0.6 is 0 Å². The van der Waals surface area contributed by atoms with Crippen LogP contribution in [0.1, 0.15) is 5.56 Å². The summed E-state index contributed by atoms with van der Waals surface area (Å²) in [5, 5.41) is 0. The van der Waals surface area contributed by atoms with Crippen molar-refractivity contribution in [2.24, 2.45) is 5.73 Å². The maximum absolute atomic E-state index is 12.0. The minimum Gasteiger partial charge on any atom is -0.330 e. The van der Waals surface area contributed by atoms with Crippen LogP contribution < -0.4 is 10.6 Å². The molecule has 2 rings (SSSR count). The lowest BCUT2D eigenvalue weighted by atomic mass is 9.99. The molecule has 1 aliphatic heterocycles. The first-order chi connectivity index (χ1) is 7.59. The van der Waals surface area contributed by atoms with Gasteiger partial charge in [0.05, 0.1) is 0 Å². The number of carbonyl (C=O) groups excluding carboxylic acids is 1. The zero-order chi connectivity index (χ0) is 11.7. The number of nitrogens with zero attached hydrogens (tertiary/aromatic N) is 2. The van der Waals surface area contributed by atoms with Crippen LogP contribution in [-0.2, 0) is 6.42 Å². The van der Waals surface area contributed by atoms with Gasteiger partial charge in [0, 0.05) is 32.4 Å². The molecule has 0 aromatic heterocycles. The highest BCUT2D eigenvalue weighted by molar-refractivity contribution is 5.93. The second-order valence-corrected chi connectivity index (χ2v) is 4.38. The topological polar surface area (TPSA) is 49.6 Å². The van der Waals surface area contributed by atoms with E-state index in [2.05, 4.69) is 0 Å². The minimum atomic E-state index is -0.0115. The average Bonchev–Trinajstić information content (AvgIpc) is 2.26. The number of carbonyl (C=O) groups is 1. The van der Waals surface area contributed by atoms with Crippen LogP contribution in [0.15, 0.2) is 24.3 Å². The predicted molar refractivity (Wildman–Crippen MR) is 64.6 cm³/mol. The summed E-state index contributed by atoms with van der Waals surface area (Å²) in [6.07, 6.45) is 0.841. The molecule has 86 valence electrons. The number of rotatable bonds is 0. The molecule has 0 aliphatic carbocycles. The molecule has 1 atom stereocenters. The largest absolute Gasteiger partial charge is 0.330 e. The molecule has 2 N–H and O–H groups in total. The summed E-state index contributed by atoms with van der Waals surface area (Å²) in [6, 6.07) is 7.95. The Morgan fingerprint density at radius 1 is 1.44 bits per heavy atom. The van der Waals surface area contributed by atoms with Gasteiger partial charge < -0.3 is 10.6 Å². The number of nitrogens with two attached hydrogens (primary N) is 1. The van der Waals surface area contributed by atoms with Crippen LogP contribution in [0.25, 0.3) is 0 Å². The van der Waals surface area contributed by atoms with Gasteiger partial charge in [-0.15, -0.1) is 0 Å². The van der Waals surface area contributed by atoms with E-state index in [0.717, 1.165) is 17.7 Å². The van der Waals surface area contributed by atoms with Crippen LogP contribution in [0.2, 0.25) is 0 Å². The highest BCUT2D eigenvalue weighted by atomic mass is 16.2. The van der Waals surface area contributed by atoms with Crippen LogP contribution in [0, 0.1) is 0 Å². The minimum absolute atomic E-state index is 0.0115. The van der Waals surface area contributed by atoms with Gasteiger partial charge in [0.1, 0.15) is 0 Å². The number of hydrogen-bond donors (Lipinski definition) is 1. The fourth-order valence-electron chi connectivity index (χ4n) is 2.05. The predicted octanol–water partition coefficient (Wildman–Crippen LogP) is 1.06. The van der Waals surface area contributed by atoms with E-state index in [-0.39, 0.29) is 12.1 Å². The highest BCUT2D eigenvalue weighted by Crippen LogP contribution is 2.26. The summed E-state index contributed by atoms with van der Waals surface area (Å²) < 4.78 is 0. The molecule has 0 spiro atoms. The van der Waals surface area contributed by atoms with E-state index >= 15 is 0 Å². The summed E-state index contributed by atoms with van der Waals surface area (Å²) in [4.78, 5) is 15.3. The van der Waals surface area contributed by atoms with Crippen molar-refractivity contribution in [1.29, 1.82) is 0 Å². The zero-order valence-corrected chi connectivity index (χ0v) is 9.68. The molecule has 16 heavy (non-hydrogen) atoms. The third-order valence-electron chi connectivity index (χ3n) is 2.80. The van der Waals surface area contributed by atoms with Gasteiger partial charge in [-0.2, -0.15) is 0 Å². The monoisotopic (exact) mass is 219 g/mol. The van der Waals surface area contributed by atoms with Crippen LogP contribution in [0.3, 0.4) is 0 Å². The van der Waals surface area contributed by atoms with Crippen LogP contribution in [0.4, 0.5) is 10.5 Å². The Balaban J connectivity index is 2.37. The molecular formula is C12H17N3O. The van der Waals surface area contributed by atoms with Gasteiger partial charge in [-0.05, 0) is 18.1 Å². The van der Waals surface area contributed by atoms with Crippen LogP contribution in [-0.4, -0.2) is 37.6 Å². The van der Waals surface area contributed by atoms with E-state index in [4.69, 9.17) is 5.73 Å². The van der Waals surface area contributed by atoms with Crippen molar-refractivity contribution in [1.82, 2.24) is 4.90 Å². The highest BCUT2D eigenvalue weighted by Gasteiger charge is 2.27. The molecule has 1 unspecified atom stereocenters. The Labute approximate surface area is 95.6 Å². The molecule has 0 saturated carbocycles. The summed E-state index contributed by atoms with van der Waals surface area (Å²) in [7, 11) is 3.51. The second-order valence-electron chi connectivity index (χ2n) is 4.38. The molecule has 1 aromatic rings. The smallest absolute Gasteiger partial charge is 0.324 e. The van der Waals surface area contributed by atoms with Gasteiger partial charge >= 0.3 is 6.03 Å². The standard InChI is InChI=1S/C12H17N3O/c1-14(2)12(16)15-8-10(13)7-9-5-3-4-6-11(9)15/h3-6,10H,7-8,13H2,1-2H3. The molecule has 4 heteroatoms. The maximum Gasteiger partial charge on any atom is 0.324 e. The van der Waals surface area contributed by atoms with E-state index in [9.17, 15) is 4.79 Å². The Hall–Kier alpha value is -1.55. The lowest BCUT2D eigenvalue weighted by Gasteiger charge is -2.34. The number of hydrogen-bond acceptors (Lipinski definition) is 2. The quantitative estimate of drug-likeness (QED) is 0.709. The molecule has 1 aliphatic rings. The first kappa shape index (κ1) is 11.0. The third kappa shape index (κ3) is 1.88. The fraction of sp³-hybridized carbons (Fsp3) is 0.417. The molecule has 1 heterocycles. The van der Waals surface area contributed by atoms with Crippen molar-refractivity contribution in [3.05, 3.63) is 29.8 Å². The second kappa shape index (κ2) is 4.14. The third-order valence-corrected chi connectivity index (χ3v) is 2.80. The SMILES string of the molecule is CN(C)C(=O)N1CC(N)Cc2ccccc21. The van der Waals surface area contributed by atoms with E-state index in [1.165, 1.54) is 0 Å². The molecule has 1 aromatic carbocycles. The molecule has 0 fully saturated rings. The molecule has 0 radical (unpaired) electrons. The zero-order valence-electron chi connectivity index (χ0n) is 9.68. The lowest BCUT2D eigenvalue weighted by molar-refractivity contribution is 0.223. The lowest BCUT2D eigenvalue weighted by Crippen LogP contribution is -2.49. The molecular weight excluding hydrogens is 202 g/mol. The number of urea groups is 1. The Bertz CT molecular complexity index is 403. The number of para-hydroxylation sites is 1. The van der Waals surface area contributed by atoms with Gasteiger partial charge in [-0.25, -0.2) is 4.79 Å². The number of fused-ring (bicyclic) bond motifs is 1. The summed E-state index contributed by atoms with van der Waals surface area (Å²) in [5.41, 5.74) is 8.10. The first-order valence-electron chi connectivity index (χ1n) is 5.42. The van der Waals surface area contributed by atoms with Gasteiger partial charge in [0.2, 0.25) is 0 Å². The number of amides is 2. The normalized spacial score (nSPS) is 19.2. The van der Waals surface area contributed by atoms with E-state index in [1.54, 1.807) is 23.9 Å². The molecule has 2 amide bonds. The average molecular weight is 219 g/mol. The molecule has 4 nitrogen and oxygen atoms in total. The van der Waals surface area contributed by atoms with Crippen molar-refractivity contribution >= 4 is 11.7 Å². The molecule has 0 saturated heterocycles. The summed E-state index contributed by atoms with van der Waals surface area (Å²) in [5.74, 6) is 0. The fourth-order valence-corrected chi connectivity index (χ4v) is 2.05. The van der Waals surface area contributed by atoms with Gasteiger partial charge in [-0.3, -0.25) is 4.90 Å². The number of anilines is 1. The van der Waals surface area contributed by atoms with Crippen molar-refractivity contribution in [3.63, 3.8) is 0 Å².